The lowest BCUT2D eigenvalue weighted by Crippen LogP contribution is -2.51. The molecule has 0 saturated carbocycles. The van der Waals surface area contributed by atoms with E-state index in [2.05, 4.69) is 62.3 Å². The molecule has 0 aromatic carbocycles. The normalized spacial score (nSPS) is 18.2. The largest absolute Gasteiger partial charge is 0.379 e. The Balaban J connectivity index is 0.000000344. The molecule has 0 unspecified atom stereocenters. The molecule has 1 saturated heterocycles. The van der Waals surface area contributed by atoms with Gasteiger partial charge in [-0.3, -0.25) is 0 Å². The predicted octanol–water partition coefficient (Wildman–Crippen LogP) is 3.32. The summed E-state index contributed by atoms with van der Waals surface area (Å²) < 4.78 is 10.4. The summed E-state index contributed by atoms with van der Waals surface area (Å²) in [5.74, 6) is 0. The van der Waals surface area contributed by atoms with E-state index in [9.17, 15) is 0 Å². The summed E-state index contributed by atoms with van der Waals surface area (Å²) in [7, 11) is -1.96. The van der Waals surface area contributed by atoms with Gasteiger partial charge in [-0.25, -0.2) is 0 Å². The van der Waals surface area contributed by atoms with Gasteiger partial charge >= 0.3 is 0 Å². The highest BCUT2D eigenvalue weighted by Gasteiger charge is 2.24. The SMILES string of the molecule is CCN(CC)[Si](C)(C)C.C[Si](C)(C)N1CCOCC1. The Kier molecular flexibility index (Phi) is 8.71. The molecule has 1 heterocycles. The number of rotatable bonds is 4. The third-order valence-corrected chi connectivity index (χ3v) is 8.55. The first-order valence-corrected chi connectivity index (χ1v) is 14.6. The van der Waals surface area contributed by atoms with Crippen LogP contribution in [-0.2, 0) is 4.74 Å². The second-order valence-electron chi connectivity index (χ2n) is 7.11. The fourth-order valence-electron chi connectivity index (χ4n) is 2.41. The van der Waals surface area contributed by atoms with Gasteiger partial charge in [0.2, 0.25) is 0 Å². The van der Waals surface area contributed by atoms with Crippen molar-refractivity contribution in [1.82, 2.24) is 9.13 Å². The van der Waals surface area contributed by atoms with E-state index in [0.717, 1.165) is 26.3 Å². The third kappa shape index (κ3) is 8.24. The van der Waals surface area contributed by atoms with Gasteiger partial charge in [0, 0.05) is 13.1 Å². The number of hydrogen-bond acceptors (Lipinski definition) is 3. The first kappa shape index (κ1) is 19.3. The Morgan fingerprint density at radius 3 is 1.47 bits per heavy atom. The molecule has 0 N–H and O–H groups in total. The third-order valence-electron chi connectivity index (χ3n) is 3.67. The van der Waals surface area contributed by atoms with Crippen LogP contribution in [-0.4, -0.2) is 65.0 Å². The molecule has 3 nitrogen and oxygen atoms in total. The minimum atomic E-state index is -1.00. The molecule has 0 aromatic heterocycles. The molecule has 0 spiro atoms. The van der Waals surface area contributed by atoms with Crippen LogP contribution >= 0.6 is 0 Å². The zero-order valence-electron chi connectivity index (χ0n) is 14.5. The van der Waals surface area contributed by atoms with Crippen LogP contribution in [0, 0.1) is 0 Å². The van der Waals surface area contributed by atoms with Crippen LogP contribution in [0.5, 0.6) is 0 Å². The van der Waals surface area contributed by atoms with Crippen LogP contribution in [0.3, 0.4) is 0 Å². The molecular formula is C14H36N2OSi2. The lowest BCUT2D eigenvalue weighted by atomic mass is 10.5. The molecule has 0 amide bonds. The van der Waals surface area contributed by atoms with Gasteiger partial charge in [-0.15, -0.1) is 0 Å². The van der Waals surface area contributed by atoms with Crippen LogP contribution in [0.1, 0.15) is 13.8 Å². The Hall–Kier alpha value is 0.314. The summed E-state index contributed by atoms with van der Waals surface area (Å²) in [6, 6.07) is 0. The summed E-state index contributed by atoms with van der Waals surface area (Å²) in [6.07, 6.45) is 0. The van der Waals surface area contributed by atoms with E-state index in [1.54, 1.807) is 0 Å². The maximum Gasteiger partial charge on any atom is 0.119 e. The molecule has 0 radical (unpaired) electrons. The van der Waals surface area contributed by atoms with Crippen LogP contribution in [0.2, 0.25) is 39.3 Å². The highest BCUT2D eigenvalue weighted by molar-refractivity contribution is 6.73. The van der Waals surface area contributed by atoms with Crippen molar-refractivity contribution in [2.45, 2.75) is 53.1 Å². The van der Waals surface area contributed by atoms with Gasteiger partial charge in [0.05, 0.1) is 13.2 Å². The van der Waals surface area contributed by atoms with Crippen molar-refractivity contribution < 1.29 is 4.74 Å². The minimum Gasteiger partial charge on any atom is -0.379 e. The summed E-state index contributed by atoms with van der Waals surface area (Å²) in [6.45, 7) is 25.4. The fraction of sp³-hybridized carbons (Fsp3) is 1.00. The monoisotopic (exact) mass is 304 g/mol. The van der Waals surface area contributed by atoms with Gasteiger partial charge in [0.1, 0.15) is 16.5 Å². The molecule has 0 bridgehead atoms. The van der Waals surface area contributed by atoms with Crippen molar-refractivity contribution in [2.24, 2.45) is 0 Å². The molecule has 0 aromatic rings. The second-order valence-corrected chi connectivity index (χ2v) is 17.1. The van der Waals surface area contributed by atoms with E-state index >= 15 is 0 Å². The highest BCUT2D eigenvalue weighted by Crippen LogP contribution is 2.10. The smallest absolute Gasteiger partial charge is 0.119 e. The summed E-state index contributed by atoms with van der Waals surface area (Å²) in [5.41, 5.74) is 0. The van der Waals surface area contributed by atoms with E-state index in [0.29, 0.717) is 0 Å². The Labute approximate surface area is 123 Å². The van der Waals surface area contributed by atoms with Crippen LogP contribution in [0.15, 0.2) is 0 Å². The molecule has 1 aliphatic heterocycles. The molecule has 1 rings (SSSR count). The van der Waals surface area contributed by atoms with Crippen LogP contribution in [0.25, 0.3) is 0 Å². The molecule has 19 heavy (non-hydrogen) atoms. The van der Waals surface area contributed by atoms with Gasteiger partial charge in [-0.2, -0.15) is 0 Å². The minimum absolute atomic E-state index is 0.935. The predicted molar refractivity (Wildman–Crippen MR) is 92.0 cm³/mol. The first-order chi connectivity index (χ1) is 8.62. The van der Waals surface area contributed by atoms with Gasteiger partial charge in [-0.1, -0.05) is 53.1 Å². The quantitative estimate of drug-likeness (QED) is 0.741. The van der Waals surface area contributed by atoms with Crippen molar-refractivity contribution in [1.29, 1.82) is 0 Å². The van der Waals surface area contributed by atoms with Gasteiger partial charge < -0.3 is 13.9 Å². The maximum atomic E-state index is 5.28. The van der Waals surface area contributed by atoms with E-state index in [4.69, 9.17) is 4.74 Å². The number of morpholine rings is 1. The number of ether oxygens (including phenoxy) is 1. The van der Waals surface area contributed by atoms with E-state index in [-0.39, 0.29) is 0 Å². The first-order valence-electron chi connectivity index (χ1n) is 7.70. The summed E-state index contributed by atoms with van der Waals surface area (Å²) in [5, 5.41) is 0. The highest BCUT2D eigenvalue weighted by atomic mass is 28.3. The molecule has 1 aliphatic rings. The van der Waals surface area contributed by atoms with Crippen molar-refractivity contribution >= 4 is 16.5 Å². The van der Waals surface area contributed by atoms with Crippen LogP contribution < -0.4 is 0 Å². The summed E-state index contributed by atoms with van der Waals surface area (Å²) >= 11 is 0. The zero-order valence-corrected chi connectivity index (χ0v) is 16.5. The lowest BCUT2D eigenvalue weighted by Gasteiger charge is -2.36. The van der Waals surface area contributed by atoms with Crippen molar-refractivity contribution in [3.05, 3.63) is 0 Å². The van der Waals surface area contributed by atoms with E-state index < -0.39 is 16.5 Å². The average Bonchev–Trinajstić information content (AvgIpc) is 2.29. The second kappa shape index (κ2) is 8.57. The van der Waals surface area contributed by atoms with E-state index in [1.807, 2.05) is 0 Å². The average molecular weight is 305 g/mol. The molecule has 0 aliphatic carbocycles. The topological polar surface area (TPSA) is 15.7 Å². The molecule has 0 atom stereocenters. The van der Waals surface area contributed by atoms with Crippen molar-refractivity contribution in [2.75, 3.05) is 39.4 Å². The van der Waals surface area contributed by atoms with Gasteiger partial charge in [0.25, 0.3) is 0 Å². The van der Waals surface area contributed by atoms with Crippen LogP contribution in [0.4, 0.5) is 0 Å². The van der Waals surface area contributed by atoms with Gasteiger partial charge in [-0.05, 0) is 13.1 Å². The summed E-state index contributed by atoms with van der Waals surface area (Å²) in [4.78, 5) is 0. The zero-order chi connectivity index (χ0) is 15.1. The standard InChI is InChI=1S/C7H17NOSi.C7H19NSi/c1-10(2,3)8-4-6-9-7-5-8;1-6-8(7-2)9(3,4)5/h4-7H2,1-3H3;6-7H2,1-5H3. The Bertz CT molecular complexity index is 227. The number of nitrogens with zero attached hydrogens (tertiary/aromatic N) is 2. The van der Waals surface area contributed by atoms with Crippen molar-refractivity contribution in [3.63, 3.8) is 0 Å². The Morgan fingerprint density at radius 1 is 0.895 bits per heavy atom. The fourth-order valence-corrected chi connectivity index (χ4v) is 5.83. The molecule has 116 valence electrons. The lowest BCUT2D eigenvalue weighted by molar-refractivity contribution is 0.0693. The number of hydrogen-bond donors (Lipinski definition) is 0. The molecule has 1 fully saturated rings. The van der Waals surface area contributed by atoms with Crippen molar-refractivity contribution in [3.8, 4) is 0 Å². The van der Waals surface area contributed by atoms with Gasteiger partial charge in [0.15, 0.2) is 0 Å². The molecular weight excluding hydrogens is 268 g/mol. The Morgan fingerprint density at radius 2 is 1.32 bits per heavy atom. The van der Waals surface area contributed by atoms with E-state index in [1.165, 1.54) is 13.1 Å². The maximum absolute atomic E-state index is 5.28. The molecule has 5 heteroatoms.